The summed E-state index contributed by atoms with van der Waals surface area (Å²) in [4.78, 5) is 30.3. The van der Waals surface area contributed by atoms with Crippen LogP contribution in [0.3, 0.4) is 0 Å². The van der Waals surface area contributed by atoms with Gasteiger partial charge < -0.3 is 10.1 Å². The van der Waals surface area contributed by atoms with Crippen LogP contribution in [0.1, 0.15) is 59.1 Å². The van der Waals surface area contributed by atoms with Crippen molar-refractivity contribution in [2.24, 2.45) is 5.41 Å². The topological polar surface area (TPSA) is 68.3 Å². The van der Waals surface area contributed by atoms with Gasteiger partial charge in [-0.3, -0.25) is 9.78 Å². The molecule has 0 fully saturated rings. The van der Waals surface area contributed by atoms with E-state index in [1.54, 1.807) is 6.20 Å². The maximum Gasteiger partial charge on any atom is 0.337 e. The lowest BCUT2D eigenvalue weighted by Gasteiger charge is -2.39. The lowest BCUT2D eigenvalue weighted by atomic mass is 9.69. The molecule has 0 bridgehead atoms. The molecule has 0 radical (unpaired) electrons. The molecule has 1 aromatic rings. The fraction of sp³-hybridized carbons (Fsp3) is 0.476. The number of esters is 1. The number of allylic oxidation sites excluding steroid dienone is 3. The van der Waals surface area contributed by atoms with Gasteiger partial charge in [0.05, 0.1) is 23.3 Å². The molecule has 0 unspecified atom stereocenters. The van der Waals surface area contributed by atoms with Gasteiger partial charge in [0, 0.05) is 29.6 Å². The number of carbonyl (C=O) groups excluding carboxylic acids is 2. The SMILES string of the molecule is CC1=C(C(=O)OC(C)C)[C@@H](c2ccccn2)C2=C(CC(C)(C)CC2=O)N1. The normalized spacial score (nSPS) is 22.2. The number of hydrogen-bond acceptors (Lipinski definition) is 5. The van der Waals surface area contributed by atoms with Gasteiger partial charge in [-0.1, -0.05) is 19.9 Å². The maximum absolute atomic E-state index is 13.0. The third kappa shape index (κ3) is 3.43. The molecule has 1 aliphatic heterocycles. The minimum Gasteiger partial charge on any atom is -0.460 e. The van der Waals surface area contributed by atoms with Gasteiger partial charge in [-0.2, -0.15) is 0 Å². The molecule has 1 atom stereocenters. The first-order chi connectivity index (χ1) is 12.2. The third-order valence-electron chi connectivity index (χ3n) is 4.79. The smallest absolute Gasteiger partial charge is 0.337 e. The van der Waals surface area contributed by atoms with Crippen molar-refractivity contribution in [3.05, 3.63) is 52.6 Å². The van der Waals surface area contributed by atoms with Gasteiger partial charge >= 0.3 is 5.97 Å². The van der Waals surface area contributed by atoms with Gasteiger partial charge in [0.25, 0.3) is 0 Å². The summed E-state index contributed by atoms with van der Waals surface area (Å²) in [6.07, 6.45) is 2.68. The maximum atomic E-state index is 13.0. The van der Waals surface area contributed by atoms with Crippen LogP contribution in [0.5, 0.6) is 0 Å². The Hall–Kier alpha value is -2.43. The van der Waals surface area contributed by atoms with E-state index >= 15 is 0 Å². The summed E-state index contributed by atoms with van der Waals surface area (Å²) < 4.78 is 5.47. The van der Waals surface area contributed by atoms with Crippen LogP contribution in [-0.2, 0) is 14.3 Å². The zero-order valence-electron chi connectivity index (χ0n) is 16.1. The molecule has 2 aliphatic rings. The molecule has 1 aliphatic carbocycles. The van der Waals surface area contributed by atoms with Gasteiger partial charge in [0.15, 0.2) is 5.78 Å². The van der Waals surface area contributed by atoms with Crippen LogP contribution in [0.2, 0.25) is 0 Å². The summed E-state index contributed by atoms with van der Waals surface area (Å²) in [5.74, 6) is -0.811. The van der Waals surface area contributed by atoms with E-state index in [1.165, 1.54) is 0 Å². The minimum absolute atomic E-state index is 0.0711. The summed E-state index contributed by atoms with van der Waals surface area (Å²) in [6.45, 7) is 9.68. The fourth-order valence-corrected chi connectivity index (χ4v) is 3.83. The Morgan fingerprint density at radius 1 is 1.31 bits per heavy atom. The second-order valence-electron chi connectivity index (χ2n) is 8.14. The second kappa shape index (κ2) is 6.71. The highest BCUT2D eigenvalue weighted by atomic mass is 16.5. The molecule has 0 aromatic carbocycles. The fourth-order valence-electron chi connectivity index (χ4n) is 3.83. The molecule has 0 saturated carbocycles. The van der Waals surface area contributed by atoms with Crippen LogP contribution in [0.25, 0.3) is 0 Å². The Balaban J connectivity index is 2.14. The van der Waals surface area contributed by atoms with Gasteiger partial charge in [-0.05, 0) is 44.7 Å². The van der Waals surface area contributed by atoms with Crippen LogP contribution < -0.4 is 5.32 Å². The first-order valence-corrected chi connectivity index (χ1v) is 9.05. The summed E-state index contributed by atoms with van der Waals surface area (Å²) in [5.41, 5.74) is 3.36. The van der Waals surface area contributed by atoms with Gasteiger partial charge in [0.2, 0.25) is 0 Å². The number of aromatic nitrogens is 1. The number of ether oxygens (including phenoxy) is 1. The van der Waals surface area contributed by atoms with Crippen molar-refractivity contribution < 1.29 is 14.3 Å². The lowest BCUT2D eigenvalue weighted by molar-refractivity contribution is -0.143. The van der Waals surface area contributed by atoms with E-state index in [-0.39, 0.29) is 17.3 Å². The number of rotatable bonds is 3. The van der Waals surface area contributed by atoms with E-state index in [0.29, 0.717) is 23.3 Å². The van der Waals surface area contributed by atoms with Crippen LogP contribution >= 0.6 is 0 Å². The van der Waals surface area contributed by atoms with Crippen molar-refractivity contribution in [1.29, 1.82) is 0 Å². The van der Waals surface area contributed by atoms with Gasteiger partial charge in [0.1, 0.15) is 0 Å². The van der Waals surface area contributed by atoms with Crippen LogP contribution in [0.4, 0.5) is 0 Å². The first kappa shape index (κ1) is 18.4. The first-order valence-electron chi connectivity index (χ1n) is 9.05. The molecule has 0 amide bonds. The Morgan fingerprint density at radius 2 is 2.04 bits per heavy atom. The quantitative estimate of drug-likeness (QED) is 0.840. The number of pyridine rings is 1. The van der Waals surface area contributed by atoms with E-state index < -0.39 is 11.9 Å². The zero-order valence-corrected chi connectivity index (χ0v) is 16.1. The van der Waals surface area contributed by atoms with E-state index in [4.69, 9.17) is 4.74 Å². The molecule has 0 saturated heterocycles. The Bertz CT molecular complexity index is 804. The standard InChI is InChI=1S/C21H26N2O3/c1-12(2)26-20(25)17-13(3)23-15-10-21(4,5)11-16(24)18(15)19(17)14-8-6-7-9-22-14/h6-9,12,19,23H,10-11H2,1-5H3/t19-/m1/s1. The molecule has 26 heavy (non-hydrogen) atoms. The summed E-state index contributed by atoms with van der Waals surface area (Å²) in [7, 11) is 0. The second-order valence-corrected chi connectivity index (χ2v) is 8.14. The number of nitrogens with one attached hydrogen (secondary N) is 1. The highest BCUT2D eigenvalue weighted by molar-refractivity contribution is 6.04. The van der Waals surface area contributed by atoms with Crippen LogP contribution in [0.15, 0.2) is 46.9 Å². The molecule has 1 aromatic heterocycles. The number of nitrogens with zero attached hydrogens (tertiary/aromatic N) is 1. The van der Waals surface area contributed by atoms with E-state index in [2.05, 4.69) is 24.1 Å². The number of hydrogen-bond donors (Lipinski definition) is 1. The van der Waals surface area contributed by atoms with Crippen LogP contribution in [-0.4, -0.2) is 22.8 Å². The molecule has 5 nitrogen and oxygen atoms in total. The molecule has 3 rings (SSSR count). The van der Waals surface area contributed by atoms with Crippen molar-refractivity contribution in [3.8, 4) is 0 Å². The zero-order chi connectivity index (χ0) is 19.1. The van der Waals surface area contributed by atoms with Crippen molar-refractivity contribution in [2.45, 2.75) is 59.5 Å². The molecule has 5 heteroatoms. The molecular formula is C21H26N2O3. The number of carbonyl (C=O) groups is 2. The average Bonchev–Trinajstić information content (AvgIpc) is 2.52. The van der Waals surface area contributed by atoms with E-state index in [9.17, 15) is 9.59 Å². The monoisotopic (exact) mass is 354 g/mol. The van der Waals surface area contributed by atoms with E-state index in [0.717, 1.165) is 17.8 Å². The lowest BCUT2D eigenvalue weighted by Crippen LogP contribution is -2.39. The van der Waals surface area contributed by atoms with Crippen LogP contribution in [0, 0.1) is 5.41 Å². The van der Waals surface area contributed by atoms with Crippen molar-refractivity contribution in [1.82, 2.24) is 10.3 Å². The summed E-state index contributed by atoms with van der Waals surface area (Å²) >= 11 is 0. The summed E-state index contributed by atoms with van der Waals surface area (Å²) in [5, 5.41) is 3.32. The molecule has 138 valence electrons. The number of Topliss-reactive ketones (excluding diaryl/α,β-unsaturated/α-hetero) is 1. The number of dihydropyridines is 1. The van der Waals surface area contributed by atoms with E-state index in [1.807, 2.05) is 39.0 Å². The Morgan fingerprint density at radius 3 is 2.65 bits per heavy atom. The minimum atomic E-state index is -0.484. The number of ketones is 1. The predicted molar refractivity (Wildman–Crippen MR) is 99.1 cm³/mol. The molecular weight excluding hydrogens is 328 g/mol. The van der Waals surface area contributed by atoms with Gasteiger partial charge in [-0.25, -0.2) is 4.79 Å². The van der Waals surface area contributed by atoms with Gasteiger partial charge in [-0.15, -0.1) is 0 Å². The largest absolute Gasteiger partial charge is 0.460 e. The highest BCUT2D eigenvalue weighted by Gasteiger charge is 2.43. The molecule has 1 N–H and O–H groups in total. The van der Waals surface area contributed by atoms with Crippen molar-refractivity contribution >= 4 is 11.8 Å². The predicted octanol–water partition coefficient (Wildman–Crippen LogP) is 3.64. The molecule has 0 spiro atoms. The highest BCUT2D eigenvalue weighted by Crippen LogP contribution is 2.46. The van der Waals surface area contributed by atoms with Crippen molar-refractivity contribution in [2.75, 3.05) is 0 Å². The third-order valence-corrected chi connectivity index (χ3v) is 4.79. The molecule has 2 heterocycles. The summed E-state index contributed by atoms with van der Waals surface area (Å²) in [6, 6.07) is 5.57. The Labute approximate surface area is 154 Å². The average molecular weight is 354 g/mol. The van der Waals surface area contributed by atoms with Crippen molar-refractivity contribution in [3.63, 3.8) is 0 Å². The Kier molecular flexibility index (Phi) is 4.74.